The number of hydrogen-bond acceptors (Lipinski definition) is 2. The lowest BCUT2D eigenvalue weighted by atomic mass is 10.0. The Balaban J connectivity index is 2.52. The van der Waals surface area contributed by atoms with E-state index in [0.717, 1.165) is 0 Å². The summed E-state index contributed by atoms with van der Waals surface area (Å²) in [5.74, 6) is -1.73. The average Bonchev–Trinajstić information content (AvgIpc) is 2.49. The van der Waals surface area contributed by atoms with Gasteiger partial charge in [0.05, 0.1) is 5.56 Å². The molecule has 0 aromatic heterocycles. The topological polar surface area (TPSA) is 120 Å². The molecular weight excluding hydrogens is 285 g/mol. The predicted molar refractivity (Wildman–Crippen MR) is 83.4 cm³/mol. The number of para-hydroxylation sites is 1. The van der Waals surface area contributed by atoms with E-state index in [1.165, 1.54) is 18.2 Å². The number of benzene rings is 2. The smallest absolute Gasteiger partial charge is 0.223 e. The molecule has 0 bridgehead atoms. The van der Waals surface area contributed by atoms with E-state index in [-0.39, 0.29) is 29.0 Å². The number of hydrogen-bond donors (Lipinski definition) is 3. The van der Waals surface area contributed by atoms with Crippen LogP contribution in [0, 0.1) is 5.82 Å². The summed E-state index contributed by atoms with van der Waals surface area (Å²) in [4.78, 5) is 19.8. The Hall–Kier alpha value is -3.22. The summed E-state index contributed by atoms with van der Waals surface area (Å²) in [6.45, 7) is 0. The van der Waals surface area contributed by atoms with E-state index in [1.807, 2.05) is 0 Å². The second-order valence-electron chi connectivity index (χ2n) is 4.34. The molecule has 0 aliphatic heterocycles. The summed E-state index contributed by atoms with van der Waals surface area (Å²) in [5.41, 5.74) is 16.1. The van der Waals surface area contributed by atoms with E-state index in [4.69, 9.17) is 17.2 Å². The van der Waals surface area contributed by atoms with Crippen LogP contribution in [-0.2, 0) is 0 Å². The molecule has 0 aliphatic rings. The lowest BCUT2D eigenvalue weighted by molar-refractivity contribution is 0.103. The number of guanidine groups is 2. The van der Waals surface area contributed by atoms with Crippen molar-refractivity contribution >= 4 is 23.4 Å². The van der Waals surface area contributed by atoms with Gasteiger partial charge in [-0.2, -0.15) is 4.99 Å². The fourth-order valence-electron chi connectivity index (χ4n) is 1.83. The molecule has 0 saturated carbocycles. The lowest BCUT2D eigenvalue weighted by Crippen LogP contribution is -2.26. The van der Waals surface area contributed by atoms with Crippen molar-refractivity contribution in [1.82, 2.24) is 0 Å². The van der Waals surface area contributed by atoms with Crippen LogP contribution in [0.4, 0.5) is 10.1 Å². The Morgan fingerprint density at radius 1 is 0.955 bits per heavy atom. The van der Waals surface area contributed by atoms with Crippen molar-refractivity contribution in [3.63, 3.8) is 0 Å². The number of carbonyl (C=O) groups is 1. The number of nitrogens with zero attached hydrogens (tertiary/aromatic N) is 2. The zero-order chi connectivity index (χ0) is 16.1. The van der Waals surface area contributed by atoms with Gasteiger partial charge in [0.1, 0.15) is 11.5 Å². The first-order valence-electron chi connectivity index (χ1n) is 6.31. The van der Waals surface area contributed by atoms with Crippen LogP contribution in [0.15, 0.2) is 58.5 Å². The molecule has 7 heteroatoms. The standard InChI is InChI=1S/C15H14FN5O/c16-11-8-4-7-10(12(11)20-15(19)21-14(17)18)13(22)9-5-2-1-3-6-9/h1-8H,(H6,17,18,19,20,21). The first-order valence-corrected chi connectivity index (χ1v) is 6.31. The number of carbonyl (C=O) groups excluding carboxylic acids is 1. The van der Waals surface area contributed by atoms with Crippen molar-refractivity contribution in [2.24, 2.45) is 27.2 Å². The molecule has 2 rings (SSSR count). The Labute approximate surface area is 126 Å². The molecule has 0 atom stereocenters. The highest BCUT2D eigenvalue weighted by molar-refractivity contribution is 6.12. The van der Waals surface area contributed by atoms with Gasteiger partial charge in [0.25, 0.3) is 0 Å². The number of nitrogens with two attached hydrogens (primary N) is 3. The summed E-state index contributed by atoms with van der Waals surface area (Å²) in [7, 11) is 0. The summed E-state index contributed by atoms with van der Waals surface area (Å²) in [5, 5.41) is 0. The van der Waals surface area contributed by atoms with Crippen molar-refractivity contribution < 1.29 is 9.18 Å². The van der Waals surface area contributed by atoms with Crippen molar-refractivity contribution in [2.75, 3.05) is 0 Å². The van der Waals surface area contributed by atoms with Crippen molar-refractivity contribution in [2.45, 2.75) is 0 Å². The van der Waals surface area contributed by atoms with E-state index in [1.54, 1.807) is 30.3 Å². The van der Waals surface area contributed by atoms with Crippen LogP contribution in [0.2, 0.25) is 0 Å². The van der Waals surface area contributed by atoms with Crippen LogP contribution in [0.3, 0.4) is 0 Å². The second-order valence-corrected chi connectivity index (χ2v) is 4.34. The molecule has 0 aliphatic carbocycles. The lowest BCUT2D eigenvalue weighted by Gasteiger charge is -2.06. The van der Waals surface area contributed by atoms with Crippen molar-refractivity contribution in [3.8, 4) is 0 Å². The minimum atomic E-state index is -0.699. The van der Waals surface area contributed by atoms with Gasteiger partial charge in [-0.3, -0.25) is 4.79 Å². The largest absolute Gasteiger partial charge is 0.370 e. The van der Waals surface area contributed by atoms with Crippen LogP contribution in [0.5, 0.6) is 0 Å². The van der Waals surface area contributed by atoms with E-state index < -0.39 is 5.82 Å². The Bertz CT molecular complexity index is 752. The first-order chi connectivity index (χ1) is 10.5. The molecule has 0 unspecified atom stereocenters. The fraction of sp³-hybridized carbons (Fsp3) is 0. The van der Waals surface area contributed by atoms with Gasteiger partial charge in [0.2, 0.25) is 5.96 Å². The van der Waals surface area contributed by atoms with Crippen LogP contribution in [0.1, 0.15) is 15.9 Å². The fourth-order valence-corrected chi connectivity index (χ4v) is 1.83. The summed E-state index contributed by atoms with van der Waals surface area (Å²) in [6, 6.07) is 12.5. The molecule has 22 heavy (non-hydrogen) atoms. The van der Waals surface area contributed by atoms with E-state index in [0.29, 0.717) is 5.56 Å². The SMILES string of the molecule is NC(N)=NC(N)=Nc1c(F)cccc1C(=O)c1ccccc1. The van der Waals surface area contributed by atoms with Gasteiger partial charge in [-0.05, 0) is 12.1 Å². The molecule has 0 spiro atoms. The average molecular weight is 299 g/mol. The number of aliphatic imine (C=N–C) groups is 2. The zero-order valence-corrected chi connectivity index (χ0v) is 11.5. The number of rotatable bonds is 3. The molecule has 112 valence electrons. The van der Waals surface area contributed by atoms with Gasteiger partial charge in [0.15, 0.2) is 11.7 Å². The third-order valence-corrected chi connectivity index (χ3v) is 2.74. The highest BCUT2D eigenvalue weighted by Crippen LogP contribution is 2.25. The molecule has 0 radical (unpaired) electrons. The van der Waals surface area contributed by atoms with Gasteiger partial charge in [-0.25, -0.2) is 9.38 Å². The zero-order valence-electron chi connectivity index (χ0n) is 11.5. The second kappa shape index (κ2) is 6.49. The third kappa shape index (κ3) is 3.45. The van der Waals surface area contributed by atoms with Crippen LogP contribution < -0.4 is 17.2 Å². The van der Waals surface area contributed by atoms with Gasteiger partial charge in [-0.1, -0.05) is 36.4 Å². The molecule has 0 fully saturated rings. The van der Waals surface area contributed by atoms with Gasteiger partial charge < -0.3 is 17.2 Å². The van der Waals surface area contributed by atoms with E-state index >= 15 is 0 Å². The molecule has 2 aromatic rings. The van der Waals surface area contributed by atoms with E-state index in [2.05, 4.69) is 9.98 Å². The maximum Gasteiger partial charge on any atom is 0.223 e. The molecular formula is C15H14FN5O. The molecule has 0 amide bonds. The maximum absolute atomic E-state index is 14.0. The first kappa shape index (κ1) is 15.2. The highest BCUT2D eigenvalue weighted by atomic mass is 19.1. The van der Waals surface area contributed by atoms with E-state index in [9.17, 15) is 9.18 Å². The number of halogens is 1. The van der Waals surface area contributed by atoms with Gasteiger partial charge in [0, 0.05) is 5.56 Å². The molecule has 0 heterocycles. The maximum atomic E-state index is 14.0. The minimum Gasteiger partial charge on any atom is -0.370 e. The molecule has 2 aromatic carbocycles. The van der Waals surface area contributed by atoms with Gasteiger partial charge in [-0.15, -0.1) is 0 Å². The minimum absolute atomic E-state index is 0.0694. The molecule has 0 saturated heterocycles. The highest BCUT2D eigenvalue weighted by Gasteiger charge is 2.16. The monoisotopic (exact) mass is 299 g/mol. The Morgan fingerprint density at radius 3 is 2.27 bits per heavy atom. The summed E-state index contributed by atoms with van der Waals surface area (Å²) >= 11 is 0. The van der Waals surface area contributed by atoms with Crippen molar-refractivity contribution in [1.29, 1.82) is 0 Å². The summed E-state index contributed by atoms with van der Waals surface area (Å²) < 4.78 is 14.0. The van der Waals surface area contributed by atoms with Gasteiger partial charge >= 0.3 is 0 Å². The molecule has 6 N–H and O–H groups in total. The molecule has 6 nitrogen and oxygen atoms in total. The number of ketones is 1. The predicted octanol–water partition coefficient (Wildman–Crippen LogP) is 1.28. The Kier molecular flexibility index (Phi) is 4.47. The quantitative estimate of drug-likeness (QED) is 0.449. The third-order valence-electron chi connectivity index (χ3n) is 2.74. The summed E-state index contributed by atoms with van der Waals surface area (Å²) in [6.07, 6.45) is 0. The Morgan fingerprint density at radius 2 is 1.64 bits per heavy atom. The van der Waals surface area contributed by atoms with Crippen molar-refractivity contribution in [3.05, 3.63) is 65.5 Å². The van der Waals surface area contributed by atoms with Crippen LogP contribution >= 0.6 is 0 Å². The van der Waals surface area contributed by atoms with Crippen LogP contribution in [-0.4, -0.2) is 17.7 Å². The van der Waals surface area contributed by atoms with Crippen LogP contribution in [0.25, 0.3) is 0 Å². The normalized spacial score (nSPS) is 11.0.